The van der Waals surface area contributed by atoms with E-state index in [1.165, 1.54) is 6.07 Å². The van der Waals surface area contributed by atoms with E-state index in [1.807, 2.05) is 26.8 Å². The van der Waals surface area contributed by atoms with Crippen LogP contribution in [0.15, 0.2) is 39.3 Å². The number of nitro benzene ring substituents is 2. The quantitative estimate of drug-likeness (QED) is 0.430. The van der Waals surface area contributed by atoms with Crippen LogP contribution in [0.25, 0.3) is 0 Å². The average Bonchev–Trinajstić information content (AvgIpc) is 2.49. The minimum atomic E-state index is -0.625. The molecule has 0 spiro atoms. The molecule has 0 bridgehead atoms. The Kier molecular flexibility index (Phi) is 5.48. The molecule has 132 valence electrons. The Morgan fingerprint density at radius 2 is 1.52 bits per heavy atom. The maximum Gasteiger partial charge on any atom is 0.299 e. The number of nitro groups is 2. The van der Waals surface area contributed by atoms with Crippen LogP contribution < -0.4 is 5.32 Å². The van der Waals surface area contributed by atoms with Crippen LogP contribution in [0.5, 0.6) is 0 Å². The van der Waals surface area contributed by atoms with Gasteiger partial charge in [-0.05, 0) is 55.0 Å². The van der Waals surface area contributed by atoms with Gasteiger partial charge in [0.15, 0.2) is 0 Å². The van der Waals surface area contributed by atoms with Crippen molar-refractivity contribution in [2.75, 3.05) is 5.32 Å². The molecule has 9 heteroatoms. The summed E-state index contributed by atoms with van der Waals surface area (Å²) in [6.07, 6.45) is 0. The molecule has 0 unspecified atom stereocenters. The Bertz CT molecular complexity index is 843. The van der Waals surface area contributed by atoms with Crippen molar-refractivity contribution in [3.63, 3.8) is 0 Å². The number of hydrogen-bond donors (Lipinski definition) is 1. The minimum absolute atomic E-state index is 0.232. The van der Waals surface area contributed by atoms with Crippen molar-refractivity contribution < 1.29 is 9.85 Å². The summed E-state index contributed by atoms with van der Waals surface area (Å²) < 4.78 is 1.41. The van der Waals surface area contributed by atoms with Crippen LogP contribution in [0, 0.1) is 20.2 Å². The zero-order valence-electron chi connectivity index (χ0n) is 13.7. The first-order chi connectivity index (χ1) is 11.5. The van der Waals surface area contributed by atoms with Crippen molar-refractivity contribution in [2.45, 2.75) is 26.2 Å². The van der Waals surface area contributed by atoms with Gasteiger partial charge in [-0.15, -0.1) is 0 Å². The third-order valence-electron chi connectivity index (χ3n) is 3.53. The zero-order chi connectivity index (χ0) is 18.9. The lowest BCUT2D eigenvalue weighted by Gasteiger charge is -2.23. The van der Waals surface area contributed by atoms with Crippen LogP contribution >= 0.6 is 31.9 Å². The fourth-order valence-electron chi connectivity index (χ4n) is 2.33. The Labute approximate surface area is 161 Å². The summed E-state index contributed by atoms with van der Waals surface area (Å²) in [4.78, 5) is 21.5. The molecule has 0 saturated heterocycles. The number of hydrogen-bond acceptors (Lipinski definition) is 5. The average molecular weight is 473 g/mol. The highest BCUT2D eigenvalue weighted by atomic mass is 79.9. The Hall–Kier alpha value is -2.00. The van der Waals surface area contributed by atoms with Gasteiger partial charge in [0, 0.05) is 15.0 Å². The predicted octanol–water partition coefficient (Wildman–Crippen LogP) is 6.07. The van der Waals surface area contributed by atoms with Crippen molar-refractivity contribution >= 4 is 54.6 Å². The molecule has 7 nitrogen and oxygen atoms in total. The predicted molar refractivity (Wildman–Crippen MR) is 104 cm³/mol. The van der Waals surface area contributed by atoms with Crippen LogP contribution in [0.4, 0.5) is 22.7 Å². The Morgan fingerprint density at radius 1 is 0.960 bits per heavy atom. The van der Waals surface area contributed by atoms with Gasteiger partial charge in [-0.25, -0.2) is 0 Å². The van der Waals surface area contributed by atoms with Crippen molar-refractivity contribution in [3.05, 3.63) is 65.1 Å². The number of rotatable bonds is 4. The molecule has 0 saturated carbocycles. The van der Waals surface area contributed by atoms with Crippen LogP contribution in [0.3, 0.4) is 0 Å². The summed E-state index contributed by atoms with van der Waals surface area (Å²) in [5.41, 5.74) is 0.110. The summed E-state index contributed by atoms with van der Waals surface area (Å²) >= 11 is 6.82. The van der Waals surface area contributed by atoms with Gasteiger partial charge in [-0.1, -0.05) is 26.8 Å². The fourth-order valence-corrected chi connectivity index (χ4v) is 3.52. The van der Waals surface area contributed by atoms with Crippen molar-refractivity contribution in [3.8, 4) is 0 Å². The molecule has 0 aliphatic rings. The second-order valence-corrected chi connectivity index (χ2v) is 8.08. The lowest BCUT2D eigenvalue weighted by atomic mass is 9.84. The molecule has 0 fully saturated rings. The normalized spacial score (nSPS) is 11.2. The molecule has 0 heterocycles. The number of benzene rings is 2. The summed E-state index contributed by atoms with van der Waals surface area (Å²) in [7, 11) is 0. The maximum absolute atomic E-state index is 11.6. The molecule has 0 aliphatic carbocycles. The van der Waals surface area contributed by atoms with Crippen molar-refractivity contribution in [1.29, 1.82) is 0 Å². The zero-order valence-corrected chi connectivity index (χ0v) is 16.8. The third kappa shape index (κ3) is 4.16. The van der Waals surface area contributed by atoms with Gasteiger partial charge in [0.25, 0.3) is 11.4 Å². The largest absolute Gasteiger partial charge is 0.348 e. The molecule has 0 aliphatic heterocycles. The van der Waals surface area contributed by atoms with Gasteiger partial charge in [-0.2, -0.15) is 0 Å². The summed E-state index contributed by atoms with van der Waals surface area (Å²) in [6.45, 7) is 5.53. The van der Waals surface area contributed by atoms with E-state index in [4.69, 9.17) is 0 Å². The van der Waals surface area contributed by atoms with E-state index in [-0.39, 0.29) is 17.1 Å². The standard InChI is InChI=1S/C16H15Br2N3O4/c1-16(2,3)10-7-9(20(22)23)8-13(21(24)25)14(10)19-15-11(17)5-4-6-12(15)18/h4-8,19H,1-3H3. The van der Waals surface area contributed by atoms with Gasteiger partial charge in [0.2, 0.25) is 0 Å². The number of nitrogens with zero attached hydrogens (tertiary/aromatic N) is 2. The van der Waals surface area contributed by atoms with Crippen LogP contribution in [-0.4, -0.2) is 9.85 Å². The van der Waals surface area contributed by atoms with Gasteiger partial charge in [0.1, 0.15) is 5.69 Å². The summed E-state index contributed by atoms with van der Waals surface area (Å²) in [5.74, 6) is 0. The SMILES string of the molecule is CC(C)(C)c1cc([N+](=O)[O-])cc([N+](=O)[O-])c1Nc1c(Br)cccc1Br. The molecule has 2 aromatic carbocycles. The Morgan fingerprint density at radius 3 is 1.96 bits per heavy atom. The molecular weight excluding hydrogens is 458 g/mol. The van der Waals surface area contributed by atoms with Crippen LogP contribution in [-0.2, 0) is 5.41 Å². The number of halogens is 2. The molecule has 0 aromatic heterocycles. The Balaban J connectivity index is 2.78. The van der Waals surface area contributed by atoms with E-state index >= 15 is 0 Å². The third-order valence-corrected chi connectivity index (χ3v) is 4.85. The van der Waals surface area contributed by atoms with E-state index < -0.39 is 15.3 Å². The first kappa shape index (κ1) is 19.3. The second-order valence-electron chi connectivity index (χ2n) is 6.37. The van der Waals surface area contributed by atoms with E-state index in [1.54, 1.807) is 12.1 Å². The van der Waals surface area contributed by atoms with Gasteiger partial charge >= 0.3 is 0 Å². The van der Waals surface area contributed by atoms with Gasteiger partial charge in [0.05, 0.1) is 21.6 Å². The molecule has 0 atom stereocenters. The smallest absolute Gasteiger partial charge is 0.299 e. The lowest BCUT2D eigenvalue weighted by molar-refractivity contribution is -0.393. The second kappa shape index (κ2) is 7.09. The topological polar surface area (TPSA) is 98.3 Å². The summed E-state index contributed by atoms with van der Waals surface area (Å²) in [5, 5.41) is 25.8. The van der Waals surface area contributed by atoms with Crippen molar-refractivity contribution in [2.24, 2.45) is 0 Å². The highest BCUT2D eigenvalue weighted by molar-refractivity contribution is 9.11. The van der Waals surface area contributed by atoms with E-state index in [0.29, 0.717) is 20.2 Å². The number of nitrogens with one attached hydrogen (secondary N) is 1. The van der Waals surface area contributed by atoms with Crippen molar-refractivity contribution in [1.82, 2.24) is 0 Å². The first-order valence-corrected chi connectivity index (χ1v) is 8.79. The monoisotopic (exact) mass is 471 g/mol. The molecule has 1 N–H and O–H groups in total. The minimum Gasteiger partial charge on any atom is -0.348 e. The van der Waals surface area contributed by atoms with E-state index in [2.05, 4.69) is 37.2 Å². The maximum atomic E-state index is 11.6. The summed E-state index contributed by atoms with van der Waals surface area (Å²) in [6, 6.07) is 7.75. The molecule has 25 heavy (non-hydrogen) atoms. The number of para-hydroxylation sites is 1. The first-order valence-electron chi connectivity index (χ1n) is 7.20. The fraction of sp³-hybridized carbons (Fsp3) is 0.250. The van der Waals surface area contributed by atoms with Crippen LogP contribution in [0.2, 0.25) is 0 Å². The molecule has 0 amide bonds. The van der Waals surface area contributed by atoms with E-state index in [0.717, 1.165) is 6.07 Å². The highest BCUT2D eigenvalue weighted by Crippen LogP contribution is 2.43. The van der Waals surface area contributed by atoms with Gasteiger partial charge < -0.3 is 5.32 Å². The number of anilines is 2. The highest BCUT2D eigenvalue weighted by Gasteiger charge is 2.30. The van der Waals surface area contributed by atoms with Gasteiger partial charge in [-0.3, -0.25) is 20.2 Å². The van der Waals surface area contributed by atoms with E-state index in [9.17, 15) is 20.2 Å². The molecule has 0 radical (unpaired) electrons. The molecular formula is C16H15Br2N3O4. The van der Waals surface area contributed by atoms with Crippen LogP contribution in [0.1, 0.15) is 26.3 Å². The lowest BCUT2D eigenvalue weighted by Crippen LogP contribution is -2.16. The number of non-ortho nitro benzene ring substituents is 1. The molecule has 2 aromatic rings. The molecule has 2 rings (SSSR count).